The number of thiophene rings is 1. The Kier molecular flexibility index (Phi) is 7.42. The minimum absolute atomic E-state index is 0.0914. The maximum absolute atomic E-state index is 13.6. The van der Waals surface area contributed by atoms with Crippen molar-refractivity contribution < 1.29 is 18.7 Å². The SMILES string of the molecule is COCCN(CC(=O)N1CCc2sccc2C1c1ccc(F)cc1)C(=O)c1cccc(Cl)c1. The summed E-state index contributed by atoms with van der Waals surface area (Å²) in [5.74, 6) is -0.780. The van der Waals surface area contributed by atoms with E-state index in [0.717, 1.165) is 17.5 Å². The molecule has 0 radical (unpaired) electrons. The Labute approximate surface area is 201 Å². The first-order valence-corrected chi connectivity index (χ1v) is 11.9. The zero-order valence-corrected chi connectivity index (χ0v) is 19.7. The molecule has 0 spiro atoms. The summed E-state index contributed by atoms with van der Waals surface area (Å²) >= 11 is 7.73. The van der Waals surface area contributed by atoms with E-state index in [2.05, 4.69) is 0 Å². The number of benzene rings is 2. The molecule has 2 amide bonds. The van der Waals surface area contributed by atoms with Crippen LogP contribution in [-0.2, 0) is 16.0 Å². The monoisotopic (exact) mass is 486 g/mol. The average molecular weight is 487 g/mol. The lowest BCUT2D eigenvalue weighted by Crippen LogP contribution is -2.47. The number of halogens is 2. The number of rotatable bonds is 7. The number of carbonyl (C=O) groups is 2. The summed E-state index contributed by atoms with van der Waals surface area (Å²) in [6.07, 6.45) is 0.747. The van der Waals surface area contributed by atoms with E-state index in [1.807, 2.05) is 11.4 Å². The third-order valence-electron chi connectivity index (χ3n) is 5.72. The first-order valence-electron chi connectivity index (χ1n) is 10.6. The van der Waals surface area contributed by atoms with Crippen molar-refractivity contribution in [3.8, 4) is 0 Å². The van der Waals surface area contributed by atoms with Crippen LogP contribution in [0.1, 0.15) is 32.4 Å². The molecular formula is C25H24ClFN2O3S. The standard InChI is InChI=1S/C25H24ClFN2O3S/c1-32-13-12-28(25(31)18-3-2-4-19(26)15-18)16-23(30)29-11-9-22-21(10-14-33-22)24(29)17-5-7-20(27)8-6-17/h2-8,10,14-15,24H,9,11-13,16H2,1H3. The number of methoxy groups -OCH3 is 1. The van der Waals surface area contributed by atoms with Gasteiger partial charge in [0, 0.05) is 35.7 Å². The number of nitrogens with zero attached hydrogens (tertiary/aromatic N) is 2. The highest BCUT2D eigenvalue weighted by atomic mass is 35.5. The van der Waals surface area contributed by atoms with Crippen LogP contribution in [0, 0.1) is 5.82 Å². The zero-order chi connectivity index (χ0) is 23.4. The number of carbonyl (C=O) groups excluding carboxylic acids is 2. The molecule has 0 bridgehead atoms. The fourth-order valence-electron chi connectivity index (χ4n) is 4.10. The minimum atomic E-state index is -0.323. The topological polar surface area (TPSA) is 49.9 Å². The molecule has 5 nitrogen and oxygen atoms in total. The van der Waals surface area contributed by atoms with E-state index < -0.39 is 0 Å². The largest absolute Gasteiger partial charge is 0.383 e. The van der Waals surface area contributed by atoms with Crippen molar-refractivity contribution >= 4 is 34.8 Å². The molecule has 4 rings (SSSR count). The van der Waals surface area contributed by atoms with Gasteiger partial charge in [0.05, 0.1) is 12.6 Å². The van der Waals surface area contributed by atoms with Crippen LogP contribution in [0.3, 0.4) is 0 Å². The van der Waals surface area contributed by atoms with Gasteiger partial charge < -0.3 is 14.5 Å². The van der Waals surface area contributed by atoms with Crippen LogP contribution >= 0.6 is 22.9 Å². The predicted molar refractivity (Wildman–Crippen MR) is 127 cm³/mol. The molecule has 0 aliphatic carbocycles. The van der Waals surface area contributed by atoms with E-state index in [4.69, 9.17) is 16.3 Å². The lowest BCUT2D eigenvalue weighted by Gasteiger charge is -2.37. The van der Waals surface area contributed by atoms with E-state index in [9.17, 15) is 14.0 Å². The molecule has 1 aromatic heterocycles. The van der Waals surface area contributed by atoms with Gasteiger partial charge in [-0.1, -0.05) is 29.8 Å². The highest BCUT2D eigenvalue weighted by Crippen LogP contribution is 2.38. The van der Waals surface area contributed by atoms with E-state index in [1.165, 1.54) is 21.9 Å². The number of fused-ring (bicyclic) bond motifs is 1. The molecule has 1 atom stereocenters. The number of amides is 2. The molecule has 1 unspecified atom stereocenters. The van der Waals surface area contributed by atoms with Crippen molar-refractivity contribution in [3.63, 3.8) is 0 Å². The van der Waals surface area contributed by atoms with Gasteiger partial charge in [0.25, 0.3) is 5.91 Å². The quantitative estimate of drug-likeness (QED) is 0.482. The van der Waals surface area contributed by atoms with Crippen molar-refractivity contribution in [3.05, 3.63) is 92.4 Å². The minimum Gasteiger partial charge on any atom is -0.383 e. The van der Waals surface area contributed by atoms with Crippen LogP contribution in [-0.4, -0.2) is 55.0 Å². The fraction of sp³-hybridized carbons (Fsp3) is 0.280. The molecule has 8 heteroatoms. The van der Waals surface area contributed by atoms with Gasteiger partial charge in [0.2, 0.25) is 5.91 Å². The second-order valence-electron chi connectivity index (χ2n) is 7.82. The van der Waals surface area contributed by atoms with Crippen LogP contribution in [0.25, 0.3) is 0 Å². The molecule has 0 fully saturated rings. The number of hydrogen-bond donors (Lipinski definition) is 0. The Balaban J connectivity index is 1.61. The third kappa shape index (κ3) is 5.27. The molecule has 0 saturated heterocycles. The molecule has 0 N–H and O–H groups in total. The number of hydrogen-bond acceptors (Lipinski definition) is 4. The summed E-state index contributed by atoms with van der Waals surface area (Å²) in [7, 11) is 1.55. The summed E-state index contributed by atoms with van der Waals surface area (Å²) in [5, 5.41) is 2.47. The zero-order valence-electron chi connectivity index (χ0n) is 18.2. The molecule has 3 aromatic rings. The molecular weight excluding hydrogens is 463 g/mol. The highest BCUT2D eigenvalue weighted by Gasteiger charge is 2.34. The Morgan fingerprint density at radius 1 is 1.21 bits per heavy atom. The summed E-state index contributed by atoms with van der Waals surface area (Å²) in [6, 6.07) is 14.6. The summed E-state index contributed by atoms with van der Waals surface area (Å²) < 4.78 is 18.7. The molecule has 1 aliphatic heterocycles. The second kappa shape index (κ2) is 10.5. The first kappa shape index (κ1) is 23.4. The second-order valence-corrected chi connectivity index (χ2v) is 9.26. The first-order chi connectivity index (χ1) is 16.0. The van der Waals surface area contributed by atoms with Crippen LogP contribution in [0.2, 0.25) is 5.02 Å². The van der Waals surface area contributed by atoms with Gasteiger partial charge in [-0.05, 0) is 59.3 Å². The van der Waals surface area contributed by atoms with Crippen molar-refractivity contribution in [2.75, 3.05) is 33.4 Å². The van der Waals surface area contributed by atoms with Gasteiger partial charge in [-0.25, -0.2) is 4.39 Å². The molecule has 2 aromatic carbocycles. The van der Waals surface area contributed by atoms with Crippen molar-refractivity contribution in [1.29, 1.82) is 0 Å². The number of ether oxygens (including phenoxy) is 1. The van der Waals surface area contributed by atoms with Crippen molar-refractivity contribution in [2.24, 2.45) is 0 Å². The Hall–Kier alpha value is -2.74. The molecule has 33 heavy (non-hydrogen) atoms. The average Bonchev–Trinajstić information content (AvgIpc) is 3.30. The maximum Gasteiger partial charge on any atom is 0.254 e. The molecule has 2 heterocycles. The van der Waals surface area contributed by atoms with E-state index in [0.29, 0.717) is 23.7 Å². The van der Waals surface area contributed by atoms with Crippen LogP contribution in [0.15, 0.2) is 60.0 Å². The normalized spacial score (nSPS) is 15.2. The van der Waals surface area contributed by atoms with Crippen LogP contribution in [0.5, 0.6) is 0 Å². The van der Waals surface area contributed by atoms with Crippen LogP contribution in [0.4, 0.5) is 4.39 Å². The summed E-state index contributed by atoms with van der Waals surface area (Å²) in [6.45, 7) is 1.01. The van der Waals surface area contributed by atoms with Gasteiger partial charge in [0.1, 0.15) is 12.4 Å². The Morgan fingerprint density at radius 2 is 2.00 bits per heavy atom. The smallest absolute Gasteiger partial charge is 0.254 e. The lowest BCUT2D eigenvalue weighted by atomic mass is 9.93. The summed E-state index contributed by atoms with van der Waals surface area (Å²) in [4.78, 5) is 31.2. The van der Waals surface area contributed by atoms with Crippen LogP contribution < -0.4 is 0 Å². The van der Waals surface area contributed by atoms with E-state index in [1.54, 1.807) is 59.7 Å². The Bertz CT molecular complexity index is 1130. The molecule has 172 valence electrons. The highest BCUT2D eigenvalue weighted by molar-refractivity contribution is 7.10. The van der Waals surface area contributed by atoms with Gasteiger partial charge in [0.15, 0.2) is 0 Å². The summed E-state index contributed by atoms with van der Waals surface area (Å²) in [5.41, 5.74) is 2.31. The fourth-order valence-corrected chi connectivity index (χ4v) is 5.20. The van der Waals surface area contributed by atoms with Crippen molar-refractivity contribution in [1.82, 2.24) is 9.80 Å². The van der Waals surface area contributed by atoms with Gasteiger partial charge in [-0.15, -0.1) is 11.3 Å². The predicted octanol–water partition coefficient (Wildman–Crippen LogP) is 4.80. The van der Waals surface area contributed by atoms with Gasteiger partial charge >= 0.3 is 0 Å². The maximum atomic E-state index is 13.6. The van der Waals surface area contributed by atoms with Gasteiger partial charge in [-0.3, -0.25) is 9.59 Å². The Morgan fingerprint density at radius 3 is 2.73 bits per heavy atom. The lowest BCUT2D eigenvalue weighted by molar-refractivity contribution is -0.134. The molecule has 1 aliphatic rings. The van der Waals surface area contributed by atoms with Gasteiger partial charge in [-0.2, -0.15) is 0 Å². The third-order valence-corrected chi connectivity index (χ3v) is 6.95. The molecule has 0 saturated carbocycles. The van der Waals surface area contributed by atoms with E-state index in [-0.39, 0.29) is 36.8 Å². The van der Waals surface area contributed by atoms with Crippen molar-refractivity contribution in [2.45, 2.75) is 12.5 Å². The van der Waals surface area contributed by atoms with E-state index >= 15 is 0 Å².